The second kappa shape index (κ2) is 5.73. The SMILES string of the molecule is C=CCN(C(C)(C)C)S(=O)(=O)c1ccc(F)cc1Br. The molecular formula is C13H17BrFNO2S. The van der Waals surface area contributed by atoms with Crippen LogP contribution in [0, 0.1) is 5.82 Å². The van der Waals surface area contributed by atoms with Crippen LogP contribution >= 0.6 is 15.9 Å². The van der Waals surface area contributed by atoms with Gasteiger partial charge in [0.2, 0.25) is 10.0 Å². The number of hydrogen-bond donors (Lipinski definition) is 0. The molecule has 0 aliphatic rings. The molecule has 0 radical (unpaired) electrons. The molecule has 0 N–H and O–H groups in total. The first kappa shape index (κ1) is 16.3. The lowest BCUT2D eigenvalue weighted by Crippen LogP contribution is -2.45. The van der Waals surface area contributed by atoms with Gasteiger partial charge in [-0.1, -0.05) is 6.08 Å². The van der Waals surface area contributed by atoms with Gasteiger partial charge in [0, 0.05) is 16.6 Å². The minimum atomic E-state index is -3.72. The van der Waals surface area contributed by atoms with E-state index in [1.807, 2.05) is 0 Å². The summed E-state index contributed by atoms with van der Waals surface area (Å²) in [5, 5.41) is 0. The number of sulfonamides is 1. The van der Waals surface area contributed by atoms with Gasteiger partial charge < -0.3 is 0 Å². The monoisotopic (exact) mass is 349 g/mol. The maximum absolute atomic E-state index is 13.1. The second-order valence-electron chi connectivity index (χ2n) is 5.07. The lowest BCUT2D eigenvalue weighted by Gasteiger charge is -2.33. The van der Waals surface area contributed by atoms with E-state index >= 15 is 0 Å². The van der Waals surface area contributed by atoms with Gasteiger partial charge in [0.25, 0.3) is 0 Å². The average Bonchev–Trinajstić information content (AvgIpc) is 2.23. The van der Waals surface area contributed by atoms with E-state index in [2.05, 4.69) is 22.5 Å². The molecule has 1 aromatic rings. The Morgan fingerprint density at radius 2 is 2.00 bits per heavy atom. The maximum Gasteiger partial charge on any atom is 0.244 e. The van der Waals surface area contributed by atoms with Gasteiger partial charge in [-0.2, -0.15) is 4.31 Å². The van der Waals surface area contributed by atoms with Gasteiger partial charge in [-0.3, -0.25) is 0 Å². The average molecular weight is 350 g/mol. The van der Waals surface area contributed by atoms with Crippen molar-refractivity contribution in [3.63, 3.8) is 0 Å². The molecule has 0 unspecified atom stereocenters. The Kier molecular flexibility index (Phi) is 4.92. The van der Waals surface area contributed by atoms with Crippen LogP contribution in [0.5, 0.6) is 0 Å². The zero-order chi connectivity index (χ0) is 14.8. The van der Waals surface area contributed by atoms with Gasteiger partial charge in [0.05, 0.1) is 4.90 Å². The molecule has 0 atom stereocenters. The number of nitrogens with zero attached hydrogens (tertiary/aromatic N) is 1. The third kappa shape index (κ3) is 3.64. The van der Waals surface area contributed by atoms with E-state index in [-0.39, 0.29) is 15.9 Å². The first-order chi connectivity index (χ1) is 8.60. The number of benzene rings is 1. The van der Waals surface area contributed by atoms with Crippen LogP contribution in [-0.2, 0) is 10.0 Å². The van der Waals surface area contributed by atoms with Crippen LogP contribution in [0.15, 0.2) is 40.2 Å². The van der Waals surface area contributed by atoms with Crippen molar-refractivity contribution in [3.05, 3.63) is 41.1 Å². The first-order valence-corrected chi connectivity index (χ1v) is 7.93. The fraction of sp³-hybridized carbons (Fsp3) is 0.385. The van der Waals surface area contributed by atoms with Gasteiger partial charge in [0.15, 0.2) is 0 Å². The Morgan fingerprint density at radius 1 is 1.42 bits per heavy atom. The van der Waals surface area contributed by atoms with Crippen LogP contribution in [0.3, 0.4) is 0 Å². The Balaban J connectivity index is 3.39. The fourth-order valence-corrected chi connectivity index (χ4v) is 4.42. The molecule has 0 bridgehead atoms. The lowest BCUT2D eigenvalue weighted by molar-refractivity contribution is 0.269. The number of rotatable bonds is 4. The highest BCUT2D eigenvalue weighted by Gasteiger charge is 2.34. The minimum absolute atomic E-state index is 0.0469. The molecular weight excluding hydrogens is 333 g/mol. The summed E-state index contributed by atoms with van der Waals surface area (Å²) in [6, 6.07) is 3.53. The van der Waals surface area contributed by atoms with Crippen molar-refractivity contribution in [1.82, 2.24) is 4.31 Å². The van der Waals surface area contributed by atoms with E-state index in [1.54, 1.807) is 20.8 Å². The normalized spacial score (nSPS) is 12.7. The minimum Gasteiger partial charge on any atom is -0.207 e. The molecule has 0 fully saturated rings. The van der Waals surface area contributed by atoms with Crippen molar-refractivity contribution >= 4 is 26.0 Å². The van der Waals surface area contributed by atoms with Gasteiger partial charge >= 0.3 is 0 Å². The highest BCUT2D eigenvalue weighted by molar-refractivity contribution is 9.10. The molecule has 0 amide bonds. The van der Waals surface area contributed by atoms with E-state index in [4.69, 9.17) is 0 Å². The first-order valence-electron chi connectivity index (χ1n) is 5.69. The molecule has 0 spiro atoms. The third-order valence-electron chi connectivity index (χ3n) is 2.51. The summed E-state index contributed by atoms with van der Waals surface area (Å²) in [7, 11) is -3.72. The van der Waals surface area contributed by atoms with Crippen LogP contribution in [0.1, 0.15) is 20.8 Å². The maximum atomic E-state index is 13.1. The van der Waals surface area contributed by atoms with E-state index in [0.29, 0.717) is 0 Å². The Bertz CT molecular complexity index is 579. The predicted octanol–water partition coefficient (Wildman–Crippen LogP) is 3.56. The summed E-state index contributed by atoms with van der Waals surface area (Å²) >= 11 is 3.10. The van der Waals surface area contributed by atoms with Gasteiger partial charge in [-0.25, -0.2) is 12.8 Å². The highest BCUT2D eigenvalue weighted by atomic mass is 79.9. The topological polar surface area (TPSA) is 37.4 Å². The molecule has 1 aromatic carbocycles. The van der Waals surface area contributed by atoms with Crippen LogP contribution in [0.4, 0.5) is 4.39 Å². The van der Waals surface area contributed by atoms with Crippen molar-refractivity contribution in [1.29, 1.82) is 0 Å². The van der Waals surface area contributed by atoms with Crippen molar-refractivity contribution < 1.29 is 12.8 Å². The van der Waals surface area contributed by atoms with Crippen LogP contribution in [0.2, 0.25) is 0 Å². The van der Waals surface area contributed by atoms with Gasteiger partial charge in [-0.15, -0.1) is 6.58 Å². The zero-order valence-electron chi connectivity index (χ0n) is 11.2. The largest absolute Gasteiger partial charge is 0.244 e. The molecule has 106 valence electrons. The Hall–Kier alpha value is -0.720. The lowest BCUT2D eigenvalue weighted by atomic mass is 10.1. The van der Waals surface area contributed by atoms with Crippen molar-refractivity contribution in [2.75, 3.05) is 6.54 Å². The van der Waals surface area contributed by atoms with Crippen LogP contribution in [-0.4, -0.2) is 24.8 Å². The fourth-order valence-electron chi connectivity index (χ4n) is 1.65. The van der Waals surface area contributed by atoms with Crippen molar-refractivity contribution in [3.8, 4) is 0 Å². The summed E-state index contributed by atoms with van der Waals surface area (Å²) in [5.41, 5.74) is -0.596. The standard InChI is InChI=1S/C13H17BrFNO2S/c1-5-8-16(13(2,3)4)19(17,18)12-7-6-10(15)9-11(12)14/h5-7,9H,1,8H2,2-4H3. The number of halogens is 2. The molecule has 0 aromatic heterocycles. The third-order valence-corrected chi connectivity index (χ3v) is 5.61. The van der Waals surface area contributed by atoms with E-state index in [0.717, 1.165) is 12.1 Å². The van der Waals surface area contributed by atoms with Crippen LogP contribution < -0.4 is 0 Å². The van der Waals surface area contributed by atoms with E-state index in [1.165, 1.54) is 16.4 Å². The van der Waals surface area contributed by atoms with Gasteiger partial charge in [0.1, 0.15) is 5.82 Å². The van der Waals surface area contributed by atoms with E-state index < -0.39 is 21.4 Å². The summed E-state index contributed by atoms with van der Waals surface area (Å²) in [5.74, 6) is -0.489. The Labute approximate surface area is 122 Å². The quantitative estimate of drug-likeness (QED) is 0.779. The number of hydrogen-bond acceptors (Lipinski definition) is 2. The molecule has 0 heterocycles. The molecule has 1 rings (SSSR count). The molecule has 6 heteroatoms. The summed E-state index contributed by atoms with van der Waals surface area (Å²) in [6.07, 6.45) is 1.53. The van der Waals surface area contributed by atoms with E-state index in [9.17, 15) is 12.8 Å². The summed E-state index contributed by atoms with van der Waals surface area (Å²) in [6.45, 7) is 9.16. The second-order valence-corrected chi connectivity index (χ2v) is 7.76. The predicted molar refractivity (Wildman–Crippen MR) is 77.9 cm³/mol. The molecule has 0 aliphatic heterocycles. The zero-order valence-corrected chi connectivity index (χ0v) is 13.6. The van der Waals surface area contributed by atoms with Crippen molar-refractivity contribution in [2.45, 2.75) is 31.2 Å². The molecule has 0 aliphatic carbocycles. The molecule has 19 heavy (non-hydrogen) atoms. The molecule has 0 saturated carbocycles. The summed E-state index contributed by atoms with van der Waals surface area (Å²) in [4.78, 5) is 0.0469. The van der Waals surface area contributed by atoms with Gasteiger partial charge in [-0.05, 0) is 54.9 Å². The molecule has 3 nitrogen and oxygen atoms in total. The molecule has 0 saturated heterocycles. The highest BCUT2D eigenvalue weighted by Crippen LogP contribution is 2.29. The summed E-state index contributed by atoms with van der Waals surface area (Å²) < 4.78 is 39.9. The smallest absolute Gasteiger partial charge is 0.207 e. The Morgan fingerprint density at radius 3 is 2.42 bits per heavy atom. The van der Waals surface area contributed by atoms with Crippen LogP contribution in [0.25, 0.3) is 0 Å². The van der Waals surface area contributed by atoms with Crippen molar-refractivity contribution in [2.24, 2.45) is 0 Å².